The molecule has 2 rings (SSSR count). The molecule has 0 fully saturated rings. The molecule has 0 amide bonds. The van der Waals surface area contributed by atoms with E-state index in [1.165, 1.54) is 31.4 Å². The molecule has 0 saturated carbocycles. The van der Waals surface area contributed by atoms with E-state index in [4.69, 9.17) is 14.6 Å². The van der Waals surface area contributed by atoms with Crippen LogP contribution >= 0.6 is 0 Å². The summed E-state index contributed by atoms with van der Waals surface area (Å²) in [7, 11) is 1.45. The first-order valence-corrected chi connectivity index (χ1v) is 7.03. The number of carboxylic acids is 1. The van der Waals surface area contributed by atoms with Gasteiger partial charge >= 0.3 is 5.97 Å². The average molecular weight is 351 g/mol. The molecule has 2 N–H and O–H groups in total. The molecule has 0 aliphatic rings. The van der Waals surface area contributed by atoms with Gasteiger partial charge in [-0.05, 0) is 48.0 Å². The number of aliphatic carboxylic acids is 1. The third-order valence-electron chi connectivity index (χ3n) is 3.13. The summed E-state index contributed by atoms with van der Waals surface area (Å²) in [4.78, 5) is 22.5. The topological polar surface area (TPSA) is 93.1 Å². The molecule has 0 atom stereocenters. The molecule has 0 saturated heterocycles. The van der Waals surface area contributed by atoms with Crippen molar-refractivity contribution in [2.45, 2.75) is 0 Å². The zero-order chi connectivity index (χ0) is 17.5. The number of carboxylic acid groups (broad SMARTS) is 1. The van der Waals surface area contributed by atoms with Gasteiger partial charge in [0.15, 0.2) is 23.9 Å². The van der Waals surface area contributed by atoms with Gasteiger partial charge in [-0.1, -0.05) is 12.1 Å². The van der Waals surface area contributed by atoms with E-state index in [0.717, 1.165) is 0 Å². The summed E-state index contributed by atoms with van der Waals surface area (Å²) >= 11 is 0. The Morgan fingerprint density at radius 1 is 1.12 bits per heavy atom. The van der Waals surface area contributed by atoms with Gasteiger partial charge in [-0.15, -0.1) is 0 Å². The van der Waals surface area contributed by atoms with Crippen molar-refractivity contribution >= 4 is 47.4 Å². The van der Waals surface area contributed by atoms with Crippen LogP contribution in [0.25, 0.3) is 6.08 Å². The van der Waals surface area contributed by atoms with Crippen LogP contribution < -0.4 is 9.47 Å². The van der Waals surface area contributed by atoms with Crippen LogP contribution in [-0.4, -0.2) is 65.2 Å². The van der Waals surface area contributed by atoms with Crippen molar-refractivity contribution in [2.75, 3.05) is 13.7 Å². The van der Waals surface area contributed by atoms with Gasteiger partial charge in [0.05, 0.1) is 7.11 Å². The fourth-order valence-corrected chi connectivity index (χ4v) is 1.93. The molecule has 0 unspecified atom stereocenters. The zero-order valence-electron chi connectivity index (χ0n) is 13.9. The summed E-state index contributed by atoms with van der Waals surface area (Å²) in [5, 5.41) is 18.1. The summed E-state index contributed by atoms with van der Waals surface area (Å²) in [6, 6.07) is 10.9. The van der Waals surface area contributed by atoms with Crippen LogP contribution in [0.4, 0.5) is 0 Å². The Kier molecular flexibility index (Phi) is 8.21. The van der Waals surface area contributed by atoms with E-state index in [2.05, 4.69) is 0 Å². The number of phenols is 1. The summed E-state index contributed by atoms with van der Waals surface area (Å²) < 4.78 is 10.0. The molecule has 0 bridgehead atoms. The smallest absolute Gasteiger partial charge is 0.341 e. The molecular formula is C18H16NaO6. The number of phenolic OH excluding ortho intramolecular Hbond substituents is 1. The molecule has 0 aromatic heterocycles. The van der Waals surface area contributed by atoms with Crippen LogP contribution in [-0.2, 0) is 4.79 Å². The number of aromatic hydroxyl groups is 1. The SMILES string of the molecule is COc1cc(/C=C/C(=O)c2ccc(OCC(=O)O)cc2)ccc1O.[Na]. The number of ketones is 1. The third kappa shape index (κ3) is 6.26. The van der Waals surface area contributed by atoms with Crippen LogP contribution in [0.15, 0.2) is 48.5 Å². The molecule has 25 heavy (non-hydrogen) atoms. The number of allylic oxidation sites excluding steroid dienone is 1. The number of rotatable bonds is 7. The number of ether oxygens (including phenoxy) is 2. The molecule has 2 aromatic rings. The van der Waals surface area contributed by atoms with Crippen molar-refractivity contribution in [1.29, 1.82) is 0 Å². The van der Waals surface area contributed by atoms with Gasteiger partial charge in [0, 0.05) is 35.1 Å². The van der Waals surface area contributed by atoms with Crippen LogP contribution in [0, 0.1) is 0 Å². The molecule has 0 aliphatic heterocycles. The quantitative estimate of drug-likeness (QED) is 0.452. The number of carbonyl (C=O) groups excluding carboxylic acids is 1. The average Bonchev–Trinajstić information content (AvgIpc) is 2.59. The van der Waals surface area contributed by atoms with E-state index in [1.807, 2.05) is 0 Å². The van der Waals surface area contributed by atoms with Gasteiger partial charge in [0.2, 0.25) is 0 Å². The fourth-order valence-electron chi connectivity index (χ4n) is 1.93. The van der Waals surface area contributed by atoms with Crippen LogP contribution in [0.3, 0.4) is 0 Å². The van der Waals surface area contributed by atoms with Gasteiger partial charge in [0.1, 0.15) is 5.75 Å². The van der Waals surface area contributed by atoms with Crippen LogP contribution in [0.1, 0.15) is 15.9 Å². The van der Waals surface area contributed by atoms with Gasteiger partial charge < -0.3 is 19.7 Å². The first-order valence-electron chi connectivity index (χ1n) is 7.03. The second kappa shape index (κ2) is 9.88. The first-order chi connectivity index (χ1) is 11.5. The van der Waals surface area contributed by atoms with Gasteiger partial charge in [-0.3, -0.25) is 4.79 Å². The maximum atomic E-state index is 12.1. The van der Waals surface area contributed by atoms with E-state index in [1.54, 1.807) is 30.3 Å². The number of benzene rings is 2. The molecule has 6 nitrogen and oxygen atoms in total. The van der Waals surface area contributed by atoms with E-state index >= 15 is 0 Å². The van der Waals surface area contributed by atoms with Crippen LogP contribution in [0.2, 0.25) is 0 Å². The van der Waals surface area contributed by atoms with E-state index < -0.39 is 12.6 Å². The Morgan fingerprint density at radius 3 is 2.40 bits per heavy atom. The fraction of sp³-hybridized carbons (Fsp3) is 0.111. The molecule has 1 radical (unpaired) electrons. The largest absolute Gasteiger partial charge is 0.504 e. The van der Waals surface area contributed by atoms with Crippen molar-refractivity contribution in [3.05, 3.63) is 59.7 Å². The van der Waals surface area contributed by atoms with Crippen molar-refractivity contribution in [2.24, 2.45) is 0 Å². The molecule has 0 heterocycles. The number of hydrogen-bond donors (Lipinski definition) is 2. The second-order valence-corrected chi connectivity index (χ2v) is 4.84. The van der Waals surface area contributed by atoms with Crippen molar-refractivity contribution in [3.8, 4) is 17.2 Å². The van der Waals surface area contributed by atoms with Gasteiger partial charge in [0.25, 0.3) is 0 Å². The van der Waals surface area contributed by atoms with Crippen LogP contribution in [0.5, 0.6) is 17.2 Å². The van der Waals surface area contributed by atoms with E-state index in [9.17, 15) is 14.7 Å². The van der Waals surface area contributed by atoms with Gasteiger partial charge in [-0.2, -0.15) is 0 Å². The van der Waals surface area contributed by atoms with Crippen molar-refractivity contribution in [3.63, 3.8) is 0 Å². The number of methoxy groups -OCH3 is 1. The maximum absolute atomic E-state index is 12.1. The molecule has 2 aromatic carbocycles. The summed E-state index contributed by atoms with van der Waals surface area (Å²) in [5.74, 6) is -0.558. The predicted molar refractivity (Wildman–Crippen MR) is 93.4 cm³/mol. The summed E-state index contributed by atoms with van der Waals surface area (Å²) in [5.41, 5.74) is 1.15. The van der Waals surface area contributed by atoms with E-state index in [-0.39, 0.29) is 41.1 Å². The minimum Gasteiger partial charge on any atom is -0.504 e. The standard InChI is InChI=1S/C18H16O6.Na/c1-23-17-10-12(3-9-16(17)20)2-8-15(19)13-4-6-14(7-5-13)24-11-18(21)22;/h2-10,20H,11H2,1H3,(H,21,22);/b8-2+;. The number of hydrogen-bond acceptors (Lipinski definition) is 5. The minimum absolute atomic E-state index is 0. The van der Waals surface area contributed by atoms with Crippen molar-refractivity contribution in [1.82, 2.24) is 0 Å². The van der Waals surface area contributed by atoms with E-state index in [0.29, 0.717) is 22.6 Å². The molecule has 7 heteroatoms. The molecule has 0 aliphatic carbocycles. The van der Waals surface area contributed by atoms with Gasteiger partial charge in [-0.25, -0.2) is 4.79 Å². The summed E-state index contributed by atoms with van der Waals surface area (Å²) in [6.45, 7) is -0.435. The Bertz CT molecular complexity index is 768. The Labute approximate surface area is 167 Å². The third-order valence-corrected chi connectivity index (χ3v) is 3.13. The Hall–Kier alpha value is -2.28. The Morgan fingerprint density at radius 2 is 1.80 bits per heavy atom. The molecule has 0 spiro atoms. The molecule has 125 valence electrons. The monoisotopic (exact) mass is 351 g/mol. The Balaban J connectivity index is 0.00000312. The summed E-state index contributed by atoms with van der Waals surface area (Å²) in [6.07, 6.45) is 3.01. The predicted octanol–water partition coefficient (Wildman–Crippen LogP) is 2.38. The molecular weight excluding hydrogens is 335 g/mol. The number of carbonyl (C=O) groups is 2. The maximum Gasteiger partial charge on any atom is 0.341 e. The normalized spacial score (nSPS) is 10.1. The minimum atomic E-state index is -1.07. The zero-order valence-corrected chi connectivity index (χ0v) is 15.9. The first kappa shape index (κ1) is 20.8. The van der Waals surface area contributed by atoms with Crippen molar-refractivity contribution < 1.29 is 29.3 Å². The second-order valence-electron chi connectivity index (χ2n) is 4.84.